The van der Waals surface area contributed by atoms with Gasteiger partial charge in [-0.3, -0.25) is 0 Å². The number of hydrogen-bond donors (Lipinski definition) is 2. The highest BCUT2D eigenvalue weighted by atomic mass is 16.4. The summed E-state index contributed by atoms with van der Waals surface area (Å²) in [4.78, 5) is 15.6. The lowest BCUT2D eigenvalue weighted by Gasteiger charge is -2.35. The maximum absolute atomic E-state index is 10.6. The number of hydrogen-bond acceptors (Lipinski definition) is 3. The van der Waals surface area contributed by atoms with Crippen LogP contribution in [-0.4, -0.2) is 66.3 Å². The first kappa shape index (κ1) is 13.6. The van der Waals surface area contributed by atoms with Gasteiger partial charge in [-0.05, 0) is 31.7 Å². The molecule has 5 nitrogen and oxygen atoms in total. The number of rotatable bonds is 4. The van der Waals surface area contributed by atoms with Crippen molar-refractivity contribution >= 4 is 6.09 Å². The molecule has 104 valence electrons. The molecule has 1 saturated carbocycles. The minimum absolute atomic E-state index is 0.185. The number of nitrogens with one attached hydrogen (secondary N) is 1. The van der Waals surface area contributed by atoms with Gasteiger partial charge in [-0.2, -0.15) is 0 Å². The largest absolute Gasteiger partial charge is 0.465 e. The Morgan fingerprint density at radius 2 is 1.89 bits per heavy atom. The Bertz CT molecular complexity index is 277. The van der Waals surface area contributed by atoms with Crippen LogP contribution >= 0.6 is 0 Å². The van der Waals surface area contributed by atoms with Crippen molar-refractivity contribution < 1.29 is 9.90 Å². The molecule has 0 radical (unpaired) electrons. The van der Waals surface area contributed by atoms with E-state index in [0.717, 1.165) is 25.9 Å². The zero-order chi connectivity index (χ0) is 13.0. The fourth-order valence-corrected chi connectivity index (χ4v) is 3.20. The van der Waals surface area contributed by atoms with Crippen molar-refractivity contribution in [1.29, 1.82) is 0 Å². The number of likely N-dealkylation sites (N-methyl/N-ethyl adjacent to an activating group) is 1. The summed E-state index contributed by atoms with van der Waals surface area (Å²) in [6.45, 7) is 9.22. The van der Waals surface area contributed by atoms with Gasteiger partial charge in [-0.1, -0.05) is 6.92 Å². The van der Waals surface area contributed by atoms with Crippen LogP contribution in [0.2, 0.25) is 0 Å². The van der Waals surface area contributed by atoms with Crippen LogP contribution in [0.25, 0.3) is 0 Å². The summed E-state index contributed by atoms with van der Waals surface area (Å²) >= 11 is 0. The Balaban J connectivity index is 1.67. The molecular formula is C13H25N3O2. The van der Waals surface area contributed by atoms with Crippen LogP contribution in [0.15, 0.2) is 0 Å². The second-order valence-electron chi connectivity index (χ2n) is 5.56. The first-order valence-corrected chi connectivity index (χ1v) is 7.11. The Kier molecular flexibility index (Phi) is 4.83. The Morgan fingerprint density at radius 3 is 2.50 bits per heavy atom. The summed E-state index contributed by atoms with van der Waals surface area (Å²) in [5.74, 6) is 0.676. The summed E-state index contributed by atoms with van der Waals surface area (Å²) in [6, 6.07) is 0.185. The zero-order valence-corrected chi connectivity index (χ0v) is 11.3. The lowest BCUT2D eigenvalue weighted by Crippen LogP contribution is -2.47. The maximum atomic E-state index is 10.6. The van der Waals surface area contributed by atoms with E-state index in [2.05, 4.69) is 22.0 Å². The van der Waals surface area contributed by atoms with Crippen molar-refractivity contribution in [1.82, 2.24) is 15.1 Å². The highest BCUT2D eigenvalue weighted by Gasteiger charge is 2.28. The molecule has 2 fully saturated rings. The number of carboxylic acid groups (broad SMARTS) is 1. The predicted molar refractivity (Wildman–Crippen MR) is 70.8 cm³/mol. The molecule has 1 saturated heterocycles. The lowest BCUT2D eigenvalue weighted by molar-refractivity contribution is 0.122. The van der Waals surface area contributed by atoms with Crippen molar-refractivity contribution in [2.75, 3.05) is 39.3 Å². The molecule has 1 aliphatic carbocycles. The van der Waals surface area contributed by atoms with Crippen molar-refractivity contribution in [3.63, 3.8) is 0 Å². The normalized spacial score (nSPS) is 30.5. The van der Waals surface area contributed by atoms with Crippen LogP contribution in [0.1, 0.15) is 26.2 Å². The molecule has 2 aliphatic rings. The van der Waals surface area contributed by atoms with Gasteiger partial charge in [0.25, 0.3) is 0 Å². The second kappa shape index (κ2) is 6.38. The summed E-state index contributed by atoms with van der Waals surface area (Å²) in [5, 5.41) is 11.3. The monoisotopic (exact) mass is 255 g/mol. The molecule has 18 heavy (non-hydrogen) atoms. The predicted octanol–water partition coefficient (Wildman–Crippen LogP) is 1.06. The fraction of sp³-hybridized carbons (Fsp3) is 0.923. The van der Waals surface area contributed by atoms with Gasteiger partial charge >= 0.3 is 6.09 Å². The molecule has 2 N–H and O–H groups in total. The average molecular weight is 255 g/mol. The summed E-state index contributed by atoms with van der Waals surface area (Å²) in [6.07, 6.45) is 2.31. The molecule has 1 amide bonds. The molecule has 2 rings (SSSR count). The number of nitrogens with zero attached hydrogens (tertiary/aromatic N) is 2. The third kappa shape index (κ3) is 3.85. The van der Waals surface area contributed by atoms with E-state index in [1.54, 1.807) is 0 Å². The number of piperazine rings is 1. The van der Waals surface area contributed by atoms with Gasteiger partial charge in [-0.15, -0.1) is 0 Å². The van der Waals surface area contributed by atoms with Gasteiger partial charge in [0.05, 0.1) is 0 Å². The maximum Gasteiger partial charge on any atom is 0.404 e. The van der Waals surface area contributed by atoms with Gasteiger partial charge in [0.2, 0.25) is 0 Å². The Morgan fingerprint density at radius 1 is 1.22 bits per heavy atom. The summed E-state index contributed by atoms with van der Waals surface area (Å²) in [7, 11) is 0. The highest BCUT2D eigenvalue weighted by Crippen LogP contribution is 2.26. The van der Waals surface area contributed by atoms with E-state index < -0.39 is 6.09 Å². The van der Waals surface area contributed by atoms with Gasteiger partial charge < -0.3 is 20.2 Å². The molecule has 2 atom stereocenters. The van der Waals surface area contributed by atoms with Gasteiger partial charge in [0.15, 0.2) is 0 Å². The van der Waals surface area contributed by atoms with Crippen LogP contribution in [0.3, 0.4) is 0 Å². The first-order valence-electron chi connectivity index (χ1n) is 7.11. The number of carbonyl (C=O) groups is 1. The SMILES string of the molecule is CCN1CCN(C[C@H]2CC[C@@H](NC(=O)O)C2)CC1. The number of amides is 1. The van der Waals surface area contributed by atoms with Crippen LogP contribution in [-0.2, 0) is 0 Å². The van der Waals surface area contributed by atoms with Crippen LogP contribution in [0, 0.1) is 5.92 Å². The van der Waals surface area contributed by atoms with E-state index in [9.17, 15) is 4.79 Å². The molecule has 0 spiro atoms. The van der Waals surface area contributed by atoms with E-state index in [1.165, 1.54) is 32.6 Å². The topological polar surface area (TPSA) is 55.8 Å². The quantitative estimate of drug-likeness (QED) is 0.789. The smallest absolute Gasteiger partial charge is 0.404 e. The van der Waals surface area contributed by atoms with Crippen LogP contribution in [0.4, 0.5) is 4.79 Å². The van der Waals surface area contributed by atoms with Gasteiger partial charge in [-0.25, -0.2) is 4.79 Å². The molecule has 0 aromatic rings. The Labute approximate surface area is 109 Å². The molecule has 0 aromatic carbocycles. The molecular weight excluding hydrogens is 230 g/mol. The van der Waals surface area contributed by atoms with Crippen molar-refractivity contribution in [3.8, 4) is 0 Å². The van der Waals surface area contributed by atoms with Crippen LogP contribution in [0.5, 0.6) is 0 Å². The Hall–Kier alpha value is -0.810. The molecule has 0 bridgehead atoms. The van der Waals surface area contributed by atoms with E-state index >= 15 is 0 Å². The second-order valence-corrected chi connectivity index (χ2v) is 5.56. The third-order valence-corrected chi connectivity index (χ3v) is 4.30. The van der Waals surface area contributed by atoms with Gasteiger partial charge in [0.1, 0.15) is 0 Å². The third-order valence-electron chi connectivity index (χ3n) is 4.30. The molecule has 5 heteroatoms. The van der Waals surface area contributed by atoms with Crippen molar-refractivity contribution in [2.24, 2.45) is 5.92 Å². The van der Waals surface area contributed by atoms with Crippen molar-refractivity contribution in [3.05, 3.63) is 0 Å². The lowest BCUT2D eigenvalue weighted by atomic mass is 10.1. The van der Waals surface area contributed by atoms with E-state index in [4.69, 9.17) is 5.11 Å². The fourth-order valence-electron chi connectivity index (χ4n) is 3.20. The van der Waals surface area contributed by atoms with Gasteiger partial charge in [0, 0.05) is 38.8 Å². The van der Waals surface area contributed by atoms with Crippen LogP contribution < -0.4 is 5.32 Å². The van der Waals surface area contributed by atoms with E-state index in [-0.39, 0.29) is 6.04 Å². The van der Waals surface area contributed by atoms with Crippen molar-refractivity contribution in [2.45, 2.75) is 32.2 Å². The minimum atomic E-state index is -0.878. The zero-order valence-electron chi connectivity index (χ0n) is 11.3. The summed E-state index contributed by atoms with van der Waals surface area (Å²) < 4.78 is 0. The van der Waals surface area contributed by atoms with E-state index in [1.807, 2.05) is 0 Å². The standard InChI is InChI=1S/C13H25N3O2/c1-2-15-5-7-16(8-6-15)10-11-3-4-12(9-11)14-13(17)18/h11-12,14H,2-10H2,1H3,(H,17,18)/t11-,12+/m0/s1. The van der Waals surface area contributed by atoms with E-state index in [0.29, 0.717) is 5.92 Å². The first-order chi connectivity index (χ1) is 8.67. The average Bonchev–Trinajstić information content (AvgIpc) is 2.76. The highest BCUT2D eigenvalue weighted by molar-refractivity contribution is 5.64. The molecule has 0 aromatic heterocycles. The molecule has 0 unspecified atom stereocenters. The minimum Gasteiger partial charge on any atom is -0.465 e. The summed E-state index contributed by atoms with van der Waals surface area (Å²) in [5.41, 5.74) is 0. The molecule has 1 heterocycles. The molecule has 1 aliphatic heterocycles.